The molecule has 0 aliphatic carbocycles. The number of H-pyrrole nitrogens is 1. The third-order valence-electron chi connectivity index (χ3n) is 6.89. The van der Waals surface area contributed by atoms with Crippen molar-refractivity contribution in [3.05, 3.63) is 86.3 Å². The topological polar surface area (TPSA) is 162 Å². The van der Waals surface area contributed by atoms with Crippen LogP contribution in [-0.2, 0) is 11.2 Å². The summed E-state index contributed by atoms with van der Waals surface area (Å²) in [4.78, 5) is 70.1. The van der Waals surface area contributed by atoms with Crippen LogP contribution in [0.1, 0.15) is 79.4 Å². The molecule has 4 amide bonds. The standard InChI is InChI=1S/C29H32N8O4S2/c1-17(2)24-28-35-21(14-43-28)25(39)31-9-6-10-37(29(41)20-12-30-16-32-20)13-23(38)33-19(11-18-7-4-3-5-8-18)27-34-22(15-42-27)26(40)36-24/h3-5,7-8,12,14-17,19,24H,6,9-11,13H2,1-2H3,(H,30,32)(H,31,39)(H,33,38)(H,36,40)/t19-,24-/m0/s1. The minimum Gasteiger partial charge on any atom is -0.351 e. The molecule has 0 spiro atoms. The zero-order chi connectivity index (χ0) is 30.3. The highest BCUT2D eigenvalue weighted by molar-refractivity contribution is 7.10. The highest BCUT2D eigenvalue weighted by Crippen LogP contribution is 2.27. The average molecular weight is 621 g/mol. The Morgan fingerprint density at radius 1 is 1.00 bits per heavy atom. The number of thiazole rings is 2. The molecule has 1 aromatic carbocycles. The van der Waals surface area contributed by atoms with Gasteiger partial charge in [-0.3, -0.25) is 19.2 Å². The van der Waals surface area contributed by atoms with E-state index in [1.54, 1.807) is 10.8 Å². The van der Waals surface area contributed by atoms with Gasteiger partial charge in [0.1, 0.15) is 27.1 Å². The Labute approximate surface area is 256 Å². The maximum absolute atomic E-state index is 13.4. The number of rotatable bonds is 4. The molecule has 0 unspecified atom stereocenters. The fourth-order valence-corrected chi connectivity index (χ4v) is 6.51. The first kappa shape index (κ1) is 30.0. The lowest BCUT2D eigenvalue weighted by Crippen LogP contribution is -2.43. The zero-order valence-electron chi connectivity index (χ0n) is 23.7. The van der Waals surface area contributed by atoms with E-state index in [-0.39, 0.29) is 66.3 Å². The number of aromatic nitrogens is 4. The monoisotopic (exact) mass is 620 g/mol. The molecule has 2 atom stereocenters. The summed E-state index contributed by atoms with van der Waals surface area (Å²) in [6, 6.07) is 8.71. The second kappa shape index (κ2) is 13.7. The summed E-state index contributed by atoms with van der Waals surface area (Å²) in [6.07, 6.45) is 3.65. The molecule has 0 saturated carbocycles. The van der Waals surface area contributed by atoms with E-state index in [0.29, 0.717) is 22.9 Å². The summed E-state index contributed by atoms with van der Waals surface area (Å²) in [5.41, 5.74) is 1.71. The number of carbonyl (C=O) groups is 4. The van der Waals surface area contributed by atoms with Crippen LogP contribution in [0.25, 0.3) is 0 Å². The van der Waals surface area contributed by atoms with E-state index in [2.05, 4.69) is 35.9 Å². The molecule has 1 aliphatic rings. The fourth-order valence-electron chi connectivity index (χ4n) is 4.64. The van der Waals surface area contributed by atoms with Gasteiger partial charge in [-0.15, -0.1) is 22.7 Å². The molecule has 0 fully saturated rings. The number of fused-ring (bicyclic) bond motifs is 4. The predicted octanol–water partition coefficient (Wildman–Crippen LogP) is 3.13. The van der Waals surface area contributed by atoms with E-state index < -0.39 is 12.1 Å². The molecule has 12 nitrogen and oxygen atoms in total. The zero-order valence-corrected chi connectivity index (χ0v) is 25.3. The Morgan fingerprint density at radius 2 is 1.72 bits per heavy atom. The van der Waals surface area contributed by atoms with Crippen LogP contribution in [0.2, 0.25) is 0 Å². The highest BCUT2D eigenvalue weighted by Gasteiger charge is 2.27. The Kier molecular flexibility index (Phi) is 9.57. The fraction of sp³-hybridized carbons (Fsp3) is 0.345. The summed E-state index contributed by atoms with van der Waals surface area (Å²) in [7, 11) is 0. The molecular weight excluding hydrogens is 589 g/mol. The molecular formula is C29H32N8O4S2. The number of aromatic amines is 1. The molecule has 224 valence electrons. The van der Waals surface area contributed by atoms with Gasteiger partial charge in [0.2, 0.25) is 5.91 Å². The van der Waals surface area contributed by atoms with Crippen molar-refractivity contribution in [1.82, 2.24) is 40.8 Å². The number of hydrogen-bond donors (Lipinski definition) is 4. The summed E-state index contributed by atoms with van der Waals surface area (Å²) in [5.74, 6) is -1.50. The van der Waals surface area contributed by atoms with Gasteiger partial charge in [0.15, 0.2) is 0 Å². The third-order valence-corrected chi connectivity index (χ3v) is 8.77. The predicted molar refractivity (Wildman–Crippen MR) is 162 cm³/mol. The molecule has 14 heteroatoms. The first-order valence-electron chi connectivity index (χ1n) is 13.9. The summed E-state index contributed by atoms with van der Waals surface area (Å²) in [5, 5.41) is 13.4. The molecule has 43 heavy (non-hydrogen) atoms. The van der Waals surface area contributed by atoms with Crippen molar-refractivity contribution >= 4 is 46.3 Å². The van der Waals surface area contributed by atoms with Gasteiger partial charge < -0.3 is 25.8 Å². The van der Waals surface area contributed by atoms with Crippen molar-refractivity contribution in [2.75, 3.05) is 19.6 Å². The second-order valence-electron chi connectivity index (χ2n) is 10.4. The van der Waals surface area contributed by atoms with Crippen molar-refractivity contribution in [1.29, 1.82) is 0 Å². The number of amides is 4. The molecule has 4 N–H and O–H groups in total. The maximum atomic E-state index is 13.4. The molecule has 4 heterocycles. The van der Waals surface area contributed by atoms with Gasteiger partial charge in [-0.1, -0.05) is 44.2 Å². The van der Waals surface area contributed by atoms with Gasteiger partial charge in [-0.2, -0.15) is 0 Å². The molecule has 0 saturated heterocycles. The van der Waals surface area contributed by atoms with E-state index in [9.17, 15) is 19.2 Å². The number of carbonyl (C=O) groups excluding carboxylic acids is 4. The van der Waals surface area contributed by atoms with Crippen LogP contribution in [-0.4, -0.2) is 68.1 Å². The molecule has 4 aromatic rings. The minimum atomic E-state index is -0.533. The van der Waals surface area contributed by atoms with Crippen molar-refractivity contribution in [3.8, 4) is 0 Å². The van der Waals surface area contributed by atoms with Crippen molar-refractivity contribution in [2.45, 2.75) is 38.8 Å². The average Bonchev–Trinajstić information content (AvgIpc) is 3.79. The lowest BCUT2D eigenvalue weighted by Gasteiger charge is -2.24. The highest BCUT2D eigenvalue weighted by atomic mass is 32.1. The van der Waals surface area contributed by atoms with Gasteiger partial charge in [-0.05, 0) is 24.3 Å². The number of hydrogen-bond acceptors (Lipinski definition) is 9. The van der Waals surface area contributed by atoms with E-state index >= 15 is 0 Å². The Morgan fingerprint density at radius 3 is 2.44 bits per heavy atom. The molecule has 3 aromatic heterocycles. The maximum Gasteiger partial charge on any atom is 0.272 e. The van der Waals surface area contributed by atoms with Gasteiger partial charge in [0, 0.05) is 23.8 Å². The molecule has 4 bridgehead atoms. The molecule has 1 aliphatic heterocycles. The molecule has 5 rings (SSSR count). The van der Waals surface area contributed by atoms with Crippen LogP contribution in [0, 0.1) is 5.92 Å². The number of nitrogens with zero attached hydrogens (tertiary/aromatic N) is 4. The Hall–Kier alpha value is -4.43. The van der Waals surface area contributed by atoms with Crippen LogP contribution in [0.5, 0.6) is 0 Å². The number of benzene rings is 1. The van der Waals surface area contributed by atoms with Crippen LogP contribution < -0.4 is 16.0 Å². The van der Waals surface area contributed by atoms with E-state index in [4.69, 9.17) is 0 Å². The van der Waals surface area contributed by atoms with E-state index in [1.165, 1.54) is 40.1 Å². The van der Waals surface area contributed by atoms with E-state index in [0.717, 1.165) is 5.56 Å². The van der Waals surface area contributed by atoms with Gasteiger partial charge in [-0.25, -0.2) is 15.0 Å². The lowest BCUT2D eigenvalue weighted by molar-refractivity contribution is -0.122. The normalized spacial score (nSPS) is 18.7. The summed E-state index contributed by atoms with van der Waals surface area (Å²) >= 11 is 2.59. The van der Waals surface area contributed by atoms with Crippen LogP contribution in [0.4, 0.5) is 0 Å². The van der Waals surface area contributed by atoms with Crippen molar-refractivity contribution in [3.63, 3.8) is 0 Å². The van der Waals surface area contributed by atoms with Gasteiger partial charge in [0.05, 0.1) is 31.2 Å². The quantitative estimate of drug-likeness (QED) is 0.273. The summed E-state index contributed by atoms with van der Waals surface area (Å²) < 4.78 is 0. The lowest BCUT2D eigenvalue weighted by atomic mass is 10.0. The first-order valence-corrected chi connectivity index (χ1v) is 15.6. The van der Waals surface area contributed by atoms with Gasteiger partial charge in [0.25, 0.3) is 17.7 Å². The summed E-state index contributed by atoms with van der Waals surface area (Å²) in [6.45, 7) is 4.20. The number of imidazole rings is 1. The Bertz CT molecular complexity index is 1570. The SMILES string of the molecule is CC(C)[C@@H]1NC(=O)c2csc(n2)[C@H](Cc2ccccc2)NC(=O)CN(C(=O)c2cnc[nH]2)CCCNC(=O)c2csc1n2. The first-order chi connectivity index (χ1) is 20.8. The van der Waals surface area contributed by atoms with Gasteiger partial charge >= 0.3 is 0 Å². The van der Waals surface area contributed by atoms with Crippen molar-refractivity contribution in [2.24, 2.45) is 5.92 Å². The Balaban J connectivity index is 1.46. The smallest absolute Gasteiger partial charge is 0.272 e. The number of nitrogens with one attached hydrogen (secondary N) is 4. The van der Waals surface area contributed by atoms with Crippen LogP contribution >= 0.6 is 22.7 Å². The largest absolute Gasteiger partial charge is 0.351 e. The third kappa shape index (κ3) is 7.51. The van der Waals surface area contributed by atoms with Crippen molar-refractivity contribution < 1.29 is 19.2 Å². The van der Waals surface area contributed by atoms with E-state index in [1.807, 2.05) is 44.2 Å². The van der Waals surface area contributed by atoms with Crippen LogP contribution in [0.3, 0.4) is 0 Å². The molecule has 0 radical (unpaired) electrons. The minimum absolute atomic E-state index is 0.00161. The van der Waals surface area contributed by atoms with Crippen LogP contribution in [0.15, 0.2) is 53.6 Å². The second-order valence-corrected chi connectivity index (χ2v) is 12.2.